The minimum atomic E-state index is -0.733. The van der Waals surface area contributed by atoms with E-state index < -0.39 is 5.97 Å². The minimum Gasteiger partial charge on any atom is -0.480 e. The molecule has 0 radical (unpaired) electrons. The van der Waals surface area contributed by atoms with Crippen molar-refractivity contribution in [1.82, 2.24) is 0 Å². The van der Waals surface area contributed by atoms with Crippen LogP contribution in [0, 0.1) is 5.41 Å². The Bertz CT molecular complexity index is 394. The lowest BCUT2D eigenvalue weighted by Crippen LogP contribution is -2.20. The van der Waals surface area contributed by atoms with Gasteiger partial charge < -0.3 is 10.0 Å². The summed E-state index contributed by atoms with van der Waals surface area (Å²) in [6, 6.07) is 9.45. The number of carboxylic acids is 1. The van der Waals surface area contributed by atoms with E-state index >= 15 is 0 Å². The number of anilines is 1. The van der Waals surface area contributed by atoms with E-state index in [2.05, 4.69) is 20.8 Å². The Morgan fingerprint density at radius 1 is 1.25 bits per heavy atom. The van der Waals surface area contributed by atoms with Gasteiger partial charge in [-0.3, -0.25) is 0 Å². The van der Waals surface area contributed by atoms with E-state index in [1.165, 1.54) is 0 Å². The summed E-state index contributed by atoms with van der Waals surface area (Å²) in [4.78, 5) is 13.1. The summed E-state index contributed by atoms with van der Waals surface area (Å²) in [6.07, 6.45) is 0. The Kier molecular flexibility index (Phi) is 2.41. The predicted molar refractivity (Wildman–Crippen MR) is 63.6 cm³/mol. The first kappa shape index (κ1) is 11.0. The van der Waals surface area contributed by atoms with Gasteiger partial charge in [0.05, 0.1) is 6.04 Å². The number of hydrogen-bond donors (Lipinski definition) is 1. The zero-order valence-corrected chi connectivity index (χ0v) is 9.84. The fourth-order valence-electron chi connectivity index (χ4n) is 2.30. The molecule has 3 nitrogen and oxygen atoms in total. The molecule has 0 bridgehead atoms. The van der Waals surface area contributed by atoms with E-state index in [4.69, 9.17) is 0 Å². The van der Waals surface area contributed by atoms with Gasteiger partial charge in [-0.05, 0) is 17.5 Å². The smallest absolute Gasteiger partial charge is 0.328 e. The number of carboxylic acid groups (broad SMARTS) is 1. The van der Waals surface area contributed by atoms with Crippen molar-refractivity contribution in [3.63, 3.8) is 0 Å². The first-order valence-corrected chi connectivity index (χ1v) is 5.49. The number of benzene rings is 1. The van der Waals surface area contributed by atoms with Crippen molar-refractivity contribution in [3.05, 3.63) is 30.3 Å². The van der Waals surface area contributed by atoms with Gasteiger partial charge in [0.1, 0.15) is 6.04 Å². The third kappa shape index (κ3) is 1.77. The first-order chi connectivity index (χ1) is 7.43. The molecule has 1 fully saturated rings. The molecule has 0 spiro atoms. The van der Waals surface area contributed by atoms with Crippen LogP contribution in [0.3, 0.4) is 0 Å². The molecule has 0 aromatic heterocycles. The molecular weight excluding hydrogens is 202 g/mol. The lowest BCUT2D eigenvalue weighted by atomic mass is 9.90. The van der Waals surface area contributed by atoms with E-state index in [9.17, 15) is 9.90 Å². The Labute approximate surface area is 95.7 Å². The molecule has 16 heavy (non-hydrogen) atoms. The molecule has 2 atom stereocenters. The van der Waals surface area contributed by atoms with Crippen molar-refractivity contribution in [1.29, 1.82) is 0 Å². The largest absolute Gasteiger partial charge is 0.480 e. The number of aliphatic carboxylic acids is 1. The Hall–Kier alpha value is -1.51. The molecule has 1 aliphatic rings. The first-order valence-electron chi connectivity index (χ1n) is 5.49. The van der Waals surface area contributed by atoms with E-state index in [-0.39, 0.29) is 17.5 Å². The van der Waals surface area contributed by atoms with Crippen LogP contribution >= 0.6 is 0 Å². The van der Waals surface area contributed by atoms with Crippen molar-refractivity contribution in [3.8, 4) is 0 Å². The average Bonchev–Trinajstić information content (AvgIpc) is 2.93. The maximum atomic E-state index is 11.2. The molecule has 1 aromatic rings. The Morgan fingerprint density at radius 3 is 2.19 bits per heavy atom. The molecule has 0 saturated carbocycles. The highest BCUT2D eigenvalue weighted by Gasteiger charge is 2.58. The molecule has 0 aliphatic carbocycles. The fraction of sp³-hybridized carbons (Fsp3) is 0.462. The van der Waals surface area contributed by atoms with Gasteiger partial charge in [-0.25, -0.2) is 4.79 Å². The molecule has 1 heterocycles. The highest BCUT2D eigenvalue weighted by Crippen LogP contribution is 2.45. The van der Waals surface area contributed by atoms with Gasteiger partial charge in [-0.1, -0.05) is 39.0 Å². The lowest BCUT2D eigenvalue weighted by Gasteiger charge is -2.18. The standard InChI is InChI=1S/C13H17NO2/c1-13(2,3)11-10(12(15)16)14(11)9-7-5-4-6-8-9/h4-8,10-11H,1-3H3,(H,15,16). The molecule has 1 N–H and O–H groups in total. The van der Waals surface area contributed by atoms with Crippen LogP contribution in [0.25, 0.3) is 0 Å². The van der Waals surface area contributed by atoms with Crippen LogP contribution < -0.4 is 4.90 Å². The summed E-state index contributed by atoms with van der Waals surface area (Å²) in [7, 11) is 0. The van der Waals surface area contributed by atoms with Gasteiger partial charge >= 0.3 is 5.97 Å². The third-order valence-electron chi connectivity index (χ3n) is 3.00. The van der Waals surface area contributed by atoms with E-state index in [1.807, 2.05) is 35.2 Å². The molecule has 2 rings (SSSR count). The number of para-hydroxylation sites is 1. The Balaban J connectivity index is 2.27. The van der Waals surface area contributed by atoms with Gasteiger partial charge in [0.15, 0.2) is 0 Å². The third-order valence-corrected chi connectivity index (χ3v) is 3.00. The summed E-state index contributed by atoms with van der Waals surface area (Å²) in [5.41, 5.74) is 0.980. The maximum Gasteiger partial charge on any atom is 0.328 e. The minimum absolute atomic E-state index is 0.0150. The second-order valence-corrected chi connectivity index (χ2v) is 5.34. The van der Waals surface area contributed by atoms with Crippen molar-refractivity contribution in [2.75, 3.05) is 4.90 Å². The monoisotopic (exact) mass is 219 g/mol. The molecule has 0 amide bonds. The lowest BCUT2D eigenvalue weighted by molar-refractivity contribution is -0.136. The Morgan fingerprint density at radius 2 is 1.81 bits per heavy atom. The maximum absolute atomic E-state index is 11.2. The van der Waals surface area contributed by atoms with Gasteiger partial charge in [0.25, 0.3) is 0 Å². The summed E-state index contributed by atoms with van der Waals surface area (Å²) in [6.45, 7) is 6.24. The number of hydrogen-bond acceptors (Lipinski definition) is 2. The molecule has 1 aliphatic heterocycles. The SMILES string of the molecule is CC(C)(C)C1C(C(=O)O)N1c1ccccc1. The van der Waals surface area contributed by atoms with Crippen molar-refractivity contribution < 1.29 is 9.90 Å². The van der Waals surface area contributed by atoms with Crippen LogP contribution in [0.15, 0.2) is 30.3 Å². The van der Waals surface area contributed by atoms with E-state index in [0.717, 1.165) is 5.69 Å². The normalized spacial score (nSPS) is 24.3. The number of nitrogens with zero attached hydrogens (tertiary/aromatic N) is 1. The second-order valence-electron chi connectivity index (χ2n) is 5.34. The summed E-state index contributed by atoms with van der Waals surface area (Å²) < 4.78 is 0. The van der Waals surface area contributed by atoms with Crippen LogP contribution in [0.1, 0.15) is 20.8 Å². The highest BCUT2D eigenvalue weighted by molar-refractivity contribution is 5.87. The van der Waals surface area contributed by atoms with Crippen LogP contribution in [0.4, 0.5) is 5.69 Å². The zero-order chi connectivity index (χ0) is 11.9. The van der Waals surface area contributed by atoms with E-state index in [0.29, 0.717) is 0 Å². The van der Waals surface area contributed by atoms with Crippen LogP contribution in [0.2, 0.25) is 0 Å². The number of carbonyl (C=O) groups is 1. The van der Waals surface area contributed by atoms with Gasteiger partial charge in [0, 0.05) is 5.69 Å². The molecule has 2 unspecified atom stereocenters. The van der Waals surface area contributed by atoms with Crippen molar-refractivity contribution in [2.45, 2.75) is 32.9 Å². The molecule has 3 heteroatoms. The van der Waals surface area contributed by atoms with Crippen LogP contribution in [-0.2, 0) is 4.79 Å². The van der Waals surface area contributed by atoms with Gasteiger partial charge in [-0.15, -0.1) is 0 Å². The second kappa shape index (κ2) is 3.51. The summed E-state index contributed by atoms with van der Waals surface area (Å²) >= 11 is 0. The fourth-order valence-corrected chi connectivity index (χ4v) is 2.30. The summed E-state index contributed by atoms with van der Waals surface area (Å²) in [5, 5.41) is 9.18. The van der Waals surface area contributed by atoms with Crippen LogP contribution in [0.5, 0.6) is 0 Å². The highest BCUT2D eigenvalue weighted by atomic mass is 16.4. The van der Waals surface area contributed by atoms with Crippen LogP contribution in [-0.4, -0.2) is 23.2 Å². The average molecular weight is 219 g/mol. The molecule has 1 aromatic carbocycles. The molecule has 1 saturated heterocycles. The van der Waals surface area contributed by atoms with Gasteiger partial charge in [-0.2, -0.15) is 0 Å². The zero-order valence-electron chi connectivity index (χ0n) is 9.84. The van der Waals surface area contributed by atoms with E-state index in [1.54, 1.807) is 0 Å². The quantitative estimate of drug-likeness (QED) is 0.776. The number of rotatable bonds is 2. The predicted octanol–water partition coefficient (Wildman–Crippen LogP) is 2.37. The molecular formula is C13H17NO2. The van der Waals surface area contributed by atoms with Gasteiger partial charge in [0.2, 0.25) is 0 Å². The summed E-state index contributed by atoms with van der Waals surface area (Å²) in [5.74, 6) is -0.733. The van der Waals surface area contributed by atoms with Crippen molar-refractivity contribution in [2.24, 2.45) is 5.41 Å². The van der Waals surface area contributed by atoms with Crippen molar-refractivity contribution >= 4 is 11.7 Å². The molecule has 86 valence electrons. The topological polar surface area (TPSA) is 40.3 Å².